The number of aromatic nitrogens is 5. The Morgan fingerprint density at radius 1 is 1.11 bits per heavy atom. The van der Waals surface area contributed by atoms with E-state index in [9.17, 15) is 9.90 Å². The Labute approximate surface area is 217 Å². The molecule has 5 heterocycles. The summed E-state index contributed by atoms with van der Waals surface area (Å²) >= 11 is 0. The third-order valence-electron chi connectivity index (χ3n) is 7.99. The molecule has 0 radical (unpaired) electrons. The van der Waals surface area contributed by atoms with Crippen LogP contribution < -0.4 is 4.90 Å². The highest BCUT2D eigenvalue weighted by molar-refractivity contribution is 5.96. The molecule has 0 bridgehead atoms. The number of nitrogens with zero attached hydrogens (tertiary/aromatic N) is 6. The van der Waals surface area contributed by atoms with Crippen molar-refractivity contribution in [3.05, 3.63) is 41.0 Å². The molecule has 37 heavy (non-hydrogen) atoms. The molecule has 9 nitrogen and oxygen atoms in total. The molecular formula is C28H37N7O2. The predicted octanol–water partition coefficient (Wildman–Crippen LogP) is 5.54. The van der Waals surface area contributed by atoms with Gasteiger partial charge >= 0.3 is 6.09 Å². The lowest BCUT2D eigenvalue weighted by Gasteiger charge is -2.46. The molecule has 2 N–H and O–H groups in total. The second-order valence-corrected chi connectivity index (χ2v) is 11.7. The Morgan fingerprint density at radius 3 is 2.49 bits per heavy atom. The molecule has 0 saturated carbocycles. The lowest BCUT2D eigenvalue weighted by molar-refractivity contribution is 0.0747. The van der Waals surface area contributed by atoms with E-state index in [2.05, 4.69) is 81.6 Å². The maximum atomic E-state index is 11.9. The van der Waals surface area contributed by atoms with E-state index in [1.165, 1.54) is 16.5 Å². The first-order valence-corrected chi connectivity index (χ1v) is 13.0. The number of hydrogen-bond donors (Lipinski definition) is 2. The van der Waals surface area contributed by atoms with Crippen molar-refractivity contribution in [1.82, 2.24) is 29.5 Å². The number of rotatable bonds is 3. The maximum absolute atomic E-state index is 11.9. The minimum atomic E-state index is -0.855. The van der Waals surface area contributed by atoms with Gasteiger partial charge in [0.15, 0.2) is 5.65 Å². The second-order valence-electron chi connectivity index (χ2n) is 11.7. The van der Waals surface area contributed by atoms with Gasteiger partial charge in [-0.1, -0.05) is 34.6 Å². The standard InChI is InChI=1S/C28H37N7O2/c1-15(2)22-23-18(5)25(33-9-10-34(27(36)37)21(13-33)28(6,7)8)29-11-20(23)32-24(22)19-12-35-26(30-14-31-35)17(4)16(19)3/h11-12,14-15,21,32H,9-10,13H2,1-8H3,(H,36,37). The quantitative estimate of drug-likeness (QED) is 0.381. The zero-order valence-electron chi connectivity index (χ0n) is 23.0. The molecule has 4 aromatic rings. The summed E-state index contributed by atoms with van der Waals surface area (Å²) in [7, 11) is 0. The molecule has 5 rings (SSSR count). The van der Waals surface area contributed by atoms with E-state index in [1.54, 1.807) is 11.2 Å². The number of amides is 1. The summed E-state index contributed by atoms with van der Waals surface area (Å²) < 4.78 is 1.85. The first kappa shape index (κ1) is 25.0. The number of aryl methyl sites for hydroxylation is 2. The maximum Gasteiger partial charge on any atom is 0.407 e. The number of hydrogen-bond acceptors (Lipinski definition) is 5. The van der Waals surface area contributed by atoms with Gasteiger partial charge in [0.25, 0.3) is 0 Å². The summed E-state index contributed by atoms with van der Waals surface area (Å²) in [5.41, 5.74) is 8.57. The zero-order valence-corrected chi connectivity index (χ0v) is 23.0. The minimum Gasteiger partial charge on any atom is -0.465 e. The number of anilines is 1. The molecule has 0 aliphatic carbocycles. The van der Waals surface area contributed by atoms with Crippen LogP contribution in [-0.2, 0) is 0 Å². The van der Waals surface area contributed by atoms with Crippen molar-refractivity contribution >= 4 is 28.5 Å². The number of pyridine rings is 2. The summed E-state index contributed by atoms with van der Waals surface area (Å²) in [4.78, 5) is 28.8. The van der Waals surface area contributed by atoms with Gasteiger partial charge in [0.05, 0.1) is 23.4 Å². The van der Waals surface area contributed by atoms with Crippen molar-refractivity contribution in [2.24, 2.45) is 5.41 Å². The number of nitrogens with one attached hydrogen (secondary N) is 1. The molecule has 0 spiro atoms. The molecule has 0 aromatic carbocycles. The number of aromatic amines is 1. The van der Waals surface area contributed by atoms with E-state index in [1.807, 2.05) is 10.7 Å². The van der Waals surface area contributed by atoms with Crippen LogP contribution in [0, 0.1) is 26.2 Å². The van der Waals surface area contributed by atoms with Gasteiger partial charge in [-0.2, -0.15) is 5.10 Å². The van der Waals surface area contributed by atoms with E-state index in [0.717, 1.165) is 39.4 Å². The Morgan fingerprint density at radius 2 is 1.84 bits per heavy atom. The Kier molecular flexibility index (Phi) is 5.92. The summed E-state index contributed by atoms with van der Waals surface area (Å²) in [6, 6.07) is -0.123. The topological polar surface area (TPSA) is 103 Å². The molecule has 9 heteroatoms. The van der Waals surface area contributed by atoms with Crippen LogP contribution in [0.3, 0.4) is 0 Å². The van der Waals surface area contributed by atoms with Gasteiger partial charge in [-0.15, -0.1) is 0 Å². The Balaban J connectivity index is 1.65. The molecule has 1 atom stereocenters. The summed E-state index contributed by atoms with van der Waals surface area (Å²) in [5.74, 6) is 1.20. The van der Waals surface area contributed by atoms with Gasteiger partial charge in [-0.25, -0.2) is 19.3 Å². The van der Waals surface area contributed by atoms with Gasteiger partial charge < -0.3 is 19.9 Å². The van der Waals surface area contributed by atoms with Crippen molar-refractivity contribution in [1.29, 1.82) is 0 Å². The third kappa shape index (κ3) is 4.01. The molecular weight excluding hydrogens is 466 g/mol. The van der Waals surface area contributed by atoms with Crippen molar-refractivity contribution in [2.45, 2.75) is 67.3 Å². The van der Waals surface area contributed by atoms with Crippen LogP contribution in [0.25, 0.3) is 27.8 Å². The van der Waals surface area contributed by atoms with E-state index < -0.39 is 6.09 Å². The molecule has 1 unspecified atom stereocenters. The van der Waals surface area contributed by atoms with Crippen molar-refractivity contribution < 1.29 is 9.90 Å². The average molecular weight is 504 g/mol. The largest absolute Gasteiger partial charge is 0.465 e. The van der Waals surface area contributed by atoms with Crippen LogP contribution in [0.15, 0.2) is 18.7 Å². The van der Waals surface area contributed by atoms with Crippen LogP contribution in [0.2, 0.25) is 0 Å². The Hall–Kier alpha value is -3.62. The lowest BCUT2D eigenvalue weighted by Crippen LogP contribution is -2.59. The average Bonchev–Trinajstić information content (AvgIpc) is 3.46. The van der Waals surface area contributed by atoms with E-state index in [-0.39, 0.29) is 17.4 Å². The van der Waals surface area contributed by atoms with Crippen LogP contribution in [0.1, 0.15) is 62.8 Å². The van der Waals surface area contributed by atoms with Crippen molar-refractivity contribution in [2.75, 3.05) is 24.5 Å². The minimum absolute atomic E-state index is 0.123. The highest BCUT2D eigenvalue weighted by Gasteiger charge is 2.39. The number of H-pyrrole nitrogens is 1. The van der Waals surface area contributed by atoms with Crippen LogP contribution in [0.5, 0.6) is 0 Å². The third-order valence-corrected chi connectivity index (χ3v) is 7.99. The second kappa shape index (κ2) is 8.75. The van der Waals surface area contributed by atoms with Crippen molar-refractivity contribution in [3.63, 3.8) is 0 Å². The van der Waals surface area contributed by atoms with Gasteiger partial charge in [-0.05, 0) is 48.8 Å². The fourth-order valence-corrected chi connectivity index (χ4v) is 5.88. The van der Waals surface area contributed by atoms with Crippen molar-refractivity contribution in [3.8, 4) is 11.3 Å². The highest BCUT2D eigenvalue weighted by atomic mass is 16.4. The van der Waals surface area contributed by atoms with Gasteiger partial charge in [0.2, 0.25) is 0 Å². The van der Waals surface area contributed by atoms with Crippen LogP contribution in [-0.4, -0.2) is 66.3 Å². The Bertz CT molecular complexity index is 1510. The molecule has 1 saturated heterocycles. The van der Waals surface area contributed by atoms with Gasteiger partial charge in [-0.3, -0.25) is 0 Å². The monoisotopic (exact) mass is 503 g/mol. The lowest BCUT2D eigenvalue weighted by atomic mass is 9.84. The molecule has 1 amide bonds. The smallest absolute Gasteiger partial charge is 0.407 e. The first-order chi connectivity index (χ1) is 17.4. The highest BCUT2D eigenvalue weighted by Crippen LogP contribution is 2.41. The van der Waals surface area contributed by atoms with E-state index in [0.29, 0.717) is 19.6 Å². The summed E-state index contributed by atoms with van der Waals surface area (Å²) in [6.45, 7) is 18.8. The van der Waals surface area contributed by atoms with E-state index in [4.69, 9.17) is 4.98 Å². The van der Waals surface area contributed by atoms with E-state index >= 15 is 0 Å². The predicted molar refractivity (Wildman–Crippen MR) is 147 cm³/mol. The first-order valence-electron chi connectivity index (χ1n) is 13.0. The number of piperazine rings is 1. The SMILES string of the molecule is Cc1c(-c2[nH]c3cnc(N4CCN(C(=O)O)C(C(C)(C)C)C4)c(C)c3c2C(C)C)cn2ncnc2c1C. The summed E-state index contributed by atoms with van der Waals surface area (Å²) in [6.07, 6.45) is 4.73. The molecule has 1 aliphatic rings. The van der Waals surface area contributed by atoms with Gasteiger partial charge in [0, 0.05) is 42.3 Å². The number of fused-ring (bicyclic) bond motifs is 2. The molecule has 1 aliphatic heterocycles. The normalized spacial score (nSPS) is 16.9. The van der Waals surface area contributed by atoms with Gasteiger partial charge in [0.1, 0.15) is 12.1 Å². The fraction of sp³-hybridized carbons (Fsp3) is 0.500. The molecule has 196 valence electrons. The number of carboxylic acid groups (broad SMARTS) is 1. The molecule has 1 fully saturated rings. The fourth-order valence-electron chi connectivity index (χ4n) is 5.88. The summed E-state index contributed by atoms with van der Waals surface area (Å²) in [5, 5.41) is 15.4. The van der Waals surface area contributed by atoms with Crippen LogP contribution in [0.4, 0.5) is 10.6 Å². The number of carbonyl (C=O) groups is 1. The van der Waals surface area contributed by atoms with Crippen LogP contribution >= 0.6 is 0 Å². The molecule has 4 aromatic heterocycles. The zero-order chi connectivity index (χ0) is 26.8.